The van der Waals surface area contributed by atoms with Gasteiger partial charge < -0.3 is 20.3 Å². The third-order valence-electron chi connectivity index (χ3n) is 3.11. The van der Waals surface area contributed by atoms with Crippen molar-refractivity contribution in [2.24, 2.45) is 0 Å². The van der Waals surface area contributed by atoms with E-state index in [9.17, 15) is 10.2 Å². The van der Waals surface area contributed by atoms with E-state index in [1.54, 1.807) is 6.92 Å². The van der Waals surface area contributed by atoms with Gasteiger partial charge in [0.25, 0.3) is 0 Å². The van der Waals surface area contributed by atoms with Crippen LogP contribution >= 0.6 is 0 Å². The van der Waals surface area contributed by atoms with E-state index < -0.39 is 11.7 Å². The standard InChI is InChI=1S/C16H27NO3/c1-4-8-16(3,19)12-17-10-14(18)11-20-15-7-5-6-13(2)9-15/h5-7,9,14,17-19H,4,8,10-12H2,1-3H3. The topological polar surface area (TPSA) is 61.7 Å². The Morgan fingerprint density at radius 1 is 1.40 bits per heavy atom. The Kier molecular flexibility index (Phi) is 6.99. The summed E-state index contributed by atoms with van der Waals surface area (Å²) >= 11 is 0. The summed E-state index contributed by atoms with van der Waals surface area (Å²) in [4.78, 5) is 0. The van der Waals surface area contributed by atoms with Crippen LogP contribution in [-0.4, -0.2) is 41.6 Å². The molecule has 114 valence electrons. The lowest BCUT2D eigenvalue weighted by Gasteiger charge is -2.24. The Morgan fingerprint density at radius 2 is 2.15 bits per heavy atom. The van der Waals surface area contributed by atoms with Crippen LogP contribution in [0.3, 0.4) is 0 Å². The van der Waals surface area contributed by atoms with Crippen molar-refractivity contribution in [3.63, 3.8) is 0 Å². The summed E-state index contributed by atoms with van der Waals surface area (Å²) < 4.78 is 5.53. The van der Waals surface area contributed by atoms with Gasteiger partial charge in [-0.05, 0) is 38.0 Å². The van der Waals surface area contributed by atoms with Gasteiger partial charge in [0.15, 0.2) is 0 Å². The molecule has 0 saturated heterocycles. The maximum atomic E-state index is 9.99. The molecule has 1 aromatic rings. The summed E-state index contributed by atoms with van der Waals surface area (Å²) in [6, 6.07) is 7.74. The predicted molar refractivity (Wildman–Crippen MR) is 81.1 cm³/mol. The molecule has 20 heavy (non-hydrogen) atoms. The molecule has 3 N–H and O–H groups in total. The van der Waals surface area contributed by atoms with Crippen molar-refractivity contribution in [1.29, 1.82) is 0 Å². The van der Waals surface area contributed by atoms with Gasteiger partial charge in [-0.15, -0.1) is 0 Å². The van der Waals surface area contributed by atoms with Crippen LogP contribution in [0.1, 0.15) is 32.3 Å². The zero-order chi connectivity index (χ0) is 15.0. The van der Waals surface area contributed by atoms with E-state index >= 15 is 0 Å². The minimum Gasteiger partial charge on any atom is -0.491 e. The summed E-state index contributed by atoms with van der Waals surface area (Å²) in [5, 5.41) is 22.9. The van der Waals surface area contributed by atoms with Gasteiger partial charge >= 0.3 is 0 Å². The number of nitrogens with one attached hydrogen (secondary N) is 1. The van der Waals surface area contributed by atoms with E-state index in [4.69, 9.17) is 4.74 Å². The number of hydrogen-bond acceptors (Lipinski definition) is 4. The van der Waals surface area contributed by atoms with E-state index in [-0.39, 0.29) is 6.61 Å². The summed E-state index contributed by atoms with van der Waals surface area (Å²) in [5.41, 5.74) is 0.414. The molecule has 1 aromatic carbocycles. The molecular weight excluding hydrogens is 254 g/mol. The van der Waals surface area contributed by atoms with Crippen molar-refractivity contribution in [3.8, 4) is 5.75 Å². The van der Waals surface area contributed by atoms with Gasteiger partial charge in [-0.25, -0.2) is 0 Å². The maximum absolute atomic E-state index is 9.99. The molecule has 0 aliphatic carbocycles. The summed E-state index contributed by atoms with van der Waals surface area (Å²) in [7, 11) is 0. The summed E-state index contributed by atoms with van der Waals surface area (Å²) in [6.07, 6.45) is 1.09. The molecule has 0 aromatic heterocycles. The van der Waals surface area contributed by atoms with Crippen molar-refractivity contribution >= 4 is 0 Å². The Morgan fingerprint density at radius 3 is 2.80 bits per heavy atom. The van der Waals surface area contributed by atoms with Gasteiger partial charge in [0.2, 0.25) is 0 Å². The zero-order valence-electron chi connectivity index (χ0n) is 12.7. The van der Waals surface area contributed by atoms with E-state index in [1.807, 2.05) is 38.1 Å². The largest absolute Gasteiger partial charge is 0.491 e. The normalized spacial score (nSPS) is 15.7. The van der Waals surface area contributed by atoms with Crippen molar-refractivity contribution in [1.82, 2.24) is 5.32 Å². The minimum absolute atomic E-state index is 0.242. The molecule has 0 radical (unpaired) electrons. The maximum Gasteiger partial charge on any atom is 0.119 e. The number of aliphatic hydroxyl groups excluding tert-OH is 1. The first-order valence-electron chi connectivity index (χ1n) is 7.23. The molecule has 0 aliphatic heterocycles. The van der Waals surface area contributed by atoms with Crippen LogP contribution in [0.4, 0.5) is 0 Å². The van der Waals surface area contributed by atoms with Crippen LogP contribution < -0.4 is 10.1 Å². The fourth-order valence-corrected chi connectivity index (χ4v) is 2.09. The van der Waals surface area contributed by atoms with Crippen LogP contribution in [0.2, 0.25) is 0 Å². The highest BCUT2D eigenvalue weighted by atomic mass is 16.5. The van der Waals surface area contributed by atoms with Crippen LogP contribution in [0.25, 0.3) is 0 Å². The third-order valence-corrected chi connectivity index (χ3v) is 3.11. The molecule has 0 spiro atoms. The molecule has 0 amide bonds. The first kappa shape index (κ1) is 17.0. The van der Waals surface area contributed by atoms with E-state index in [0.717, 1.165) is 24.2 Å². The summed E-state index contributed by atoms with van der Waals surface area (Å²) in [5.74, 6) is 0.766. The van der Waals surface area contributed by atoms with Crippen LogP contribution in [-0.2, 0) is 0 Å². The van der Waals surface area contributed by atoms with Gasteiger partial charge in [-0.3, -0.25) is 0 Å². The first-order valence-corrected chi connectivity index (χ1v) is 7.23. The van der Waals surface area contributed by atoms with E-state index in [2.05, 4.69) is 5.32 Å². The molecule has 4 nitrogen and oxygen atoms in total. The van der Waals surface area contributed by atoms with Crippen molar-refractivity contribution in [3.05, 3.63) is 29.8 Å². The van der Waals surface area contributed by atoms with Gasteiger partial charge in [0, 0.05) is 13.1 Å². The first-order chi connectivity index (χ1) is 9.43. The number of rotatable bonds is 9. The molecule has 0 fully saturated rings. The van der Waals surface area contributed by atoms with Gasteiger partial charge in [-0.2, -0.15) is 0 Å². The smallest absolute Gasteiger partial charge is 0.119 e. The van der Waals surface area contributed by atoms with Crippen molar-refractivity contribution in [2.75, 3.05) is 19.7 Å². The average Bonchev–Trinajstić information content (AvgIpc) is 2.36. The Hall–Kier alpha value is -1.10. The van der Waals surface area contributed by atoms with Crippen molar-refractivity contribution < 1.29 is 14.9 Å². The van der Waals surface area contributed by atoms with E-state index in [0.29, 0.717) is 13.1 Å². The number of benzene rings is 1. The average molecular weight is 281 g/mol. The number of hydrogen-bond donors (Lipinski definition) is 3. The molecule has 2 atom stereocenters. The highest BCUT2D eigenvalue weighted by Crippen LogP contribution is 2.12. The lowest BCUT2D eigenvalue weighted by Crippen LogP contribution is -2.41. The molecule has 2 unspecified atom stereocenters. The van der Waals surface area contributed by atoms with E-state index in [1.165, 1.54) is 0 Å². The number of aliphatic hydroxyl groups is 2. The fraction of sp³-hybridized carbons (Fsp3) is 0.625. The van der Waals surface area contributed by atoms with Gasteiger partial charge in [0.05, 0.1) is 5.60 Å². The third kappa shape index (κ3) is 6.89. The quantitative estimate of drug-likeness (QED) is 0.647. The monoisotopic (exact) mass is 281 g/mol. The van der Waals surface area contributed by atoms with Gasteiger partial charge in [-0.1, -0.05) is 25.5 Å². The predicted octanol–water partition coefficient (Wildman–Crippen LogP) is 1.88. The second kappa shape index (κ2) is 8.25. The molecular formula is C16H27NO3. The molecule has 4 heteroatoms. The van der Waals surface area contributed by atoms with Crippen LogP contribution in [0.5, 0.6) is 5.75 Å². The van der Waals surface area contributed by atoms with Crippen LogP contribution in [0.15, 0.2) is 24.3 Å². The molecule has 0 heterocycles. The zero-order valence-corrected chi connectivity index (χ0v) is 12.7. The number of aryl methyl sites for hydroxylation is 1. The second-order valence-electron chi connectivity index (χ2n) is 5.66. The lowest BCUT2D eigenvalue weighted by molar-refractivity contribution is 0.0427. The van der Waals surface area contributed by atoms with Crippen LogP contribution in [0, 0.1) is 6.92 Å². The Labute approximate surface area is 121 Å². The lowest BCUT2D eigenvalue weighted by atomic mass is 10.0. The molecule has 0 saturated carbocycles. The SMILES string of the molecule is CCCC(C)(O)CNCC(O)COc1cccc(C)c1. The van der Waals surface area contributed by atoms with Gasteiger partial charge in [0.1, 0.15) is 18.5 Å². The highest BCUT2D eigenvalue weighted by molar-refractivity contribution is 5.27. The highest BCUT2D eigenvalue weighted by Gasteiger charge is 2.18. The Bertz CT molecular complexity index is 393. The van der Waals surface area contributed by atoms with Crippen molar-refractivity contribution in [2.45, 2.75) is 45.3 Å². The summed E-state index contributed by atoms with van der Waals surface area (Å²) in [6.45, 7) is 6.97. The molecule has 0 bridgehead atoms. The molecule has 0 aliphatic rings. The molecule has 1 rings (SSSR count). The Balaban J connectivity index is 2.22. The fourth-order valence-electron chi connectivity index (χ4n) is 2.09. The minimum atomic E-state index is -0.716. The second-order valence-corrected chi connectivity index (χ2v) is 5.66. The number of ether oxygens (including phenoxy) is 1.